The van der Waals surface area contributed by atoms with Gasteiger partial charge in [-0.3, -0.25) is 4.57 Å². The third-order valence-electron chi connectivity index (χ3n) is 5.10. The maximum atomic E-state index is 13.1. The molecule has 2 aromatic carbocycles. The molecule has 1 aliphatic rings. The van der Waals surface area contributed by atoms with Crippen LogP contribution in [0.25, 0.3) is 0 Å². The first kappa shape index (κ1) is 22.1. The molecular weight excluding hydrogens is 418 g/mol. The Balaban J connectivity index is 1.70. The highest BCUT2D eigenvalue weighted by Crippen LogP contribution is 2.70. The number of ether oxygens (including phenoxy) is 1. The summed E-state index contributed by atoms with van der Waals surface area (Å²) in [6.45, 7) is 3.62. The standard InChI is InChI=1S/C21H21F3NO4P/c1-2-17-12-20(17,25-19(26)29-13-15-6-4-3-5-7-15)30(27,28)14-16-8-10-18(11-9-16)21(22,23)24/h2-11,17H,1,12-14H2,(H,25,26)(H,27,28). The quantitative estimate of drug-likeness (QED) is 0.453. The van der Waals surface area contributed by atoms with Gasteiger partial charge >= 0.3 is 12.3 Å². The number of halogens is 3. The summed E-state index contributed by atoms with van der Waals surface area (Å²) in [6.07, 6.45) is -4.03. The highest BCUT2D eigenvalue weighted by atomic mass is 31.2. The average molecular weight is 439 g/mol. The van der Waals surface area contributed by atoms with E-state index in [0.29, 0.717) is 0 Å². The Kier molecular flexibility index (Phi) is 6.11. The van der Waals surface area contributed by atoms with Crippen molar-refractivity contribution in [2.45, 2.75) is 30.6 Å². The SMILES string of the molecule is C=CC1CC1(NC(=O)OCc1ccccc1)P(=O)(O)Cc1ccc(C(F)(F)F)cc1. The smallest absolute Gasteiger partial charge is 0.416 e. The van der Waals surface area contributed by atoms with Crippen molar-refractivity contribution >= 4 is 13.5 Å². The Morgan fingerprint density at radius 3 is 2.37 bits per heavy atom. The van der Waals surface area contributed by atoms with Crippen LogP contribution in [0.3, 0.4) is 0 Å². The molecule has 0 spiro atoms. The van der Waals surface area contributed by atoms with E-state index >= 15 is 0 Å². The topological polar surface area (TPSA) is 75.6 Å². The number of rotatable bonds is 7. The maximum Gasteiger partial charge on any atom is 0.416 e. The van der Waals surface area contributed by atoms with Crippen molar-refractivity contribution in [2.75, 3.05) is 0 Å². The second-order valence-corrected chi connectivity index (χ2v) is 9.73. The highest BCUT2D eigenvalue weighted by molar-refractivity contribution is 7.59. The van der Waals surface area contributed by atoms with Crippen LogP contribution in [0.2, 0.25) is 0 Å². The zero-order valence-corrected chi connectivity index (χ0v) is 16.8. The molecule has 5 nitrogen and oxygen atoms in total. The largest absolute Gasteiger partial charge is 0.445 e. The molecule has 3 unspecified atom stereocenters. The van der Waals surface area contributed by atoms with Crippen LogP contribution in [0.1, 0.15) is 23.1 Å². The predicted molar refractivity (Wildman–Crippen MR) is 106 cm³/mol. The van der Waals surface area contributed by atoms with Gasteiger partial charge in [-0.05, 0) is 29.7 Å². The normalized spacial score (nSPS) is 22.6. The van der Waals surface area contributed by atoms with Crippen LogP contribution in [0.15, 0.2) is 67.3 Å². The lowest BCUT2D eigenvalue weighted by atomic mass is 10.1. The Hall–Kier alpha value is -2.57. The number of amides is 1. The van der Waals surface area contributed by atoms with Gasteiger partial charge in [0.15, 0.2) is 0 Å². The molecule has 3 atom stereocenters. The fourth-order valence-corrected chi connectivity index (χ4v) is 5.67. The van der Waals surface area contributed by atoms with Crippen molar-refractivity contribution in [1.29, 1.82) is 0 Å². The summed E-state index contributed by atoms with van der Waals surface area (Å²) in [7, 11) is -4.05. The first-order valence-corrected chi connectivity index (χ1v) is 11.0. The molecule has 160 valence electrons. The summed E-state index contributed by atoms with van der Waals surface area (Å²) in [5.41, 5.74) is 0.184. The highest BCUT2D eigenvalue weighted by Gasteiger charge is 2.65. The van der Waals surface area contributed by atoms with Crippen molar-refractivity contribution in [3.05, 3.63) is 83.9 Å². The van der Waals surface area contributed by atoms with E-state index in [9.17, 15) is 27.4 Å². The van der Waals surface area contributed by atoms with Crippen molar-refractivity contribution in [1.82, 2.24) is 5.32 Å². The molecule has 30 heavy (non-hydrogen) atoms. The molecule has 1 saturated carbocycles. The molecular formula is C21H21F3NO4P. The zero-order chi connectivity index (χ0) is 22.0. The lowest BCUT2D eigenvalue weighted by Crippen LogP contribution is -2.39. The first-order chi connectivity index (χ1) is 14.1. The molecule has 0 saturated heterocycles. The van der Waals surface area contributed by atoms with Crippen LogP contribution >= 0.6 is 7.37 Å². The molecule has 9 heteroatoms. The van der Waals surface area contributed by atoms with Gasteiger partial charge < -0.3 is 14.9 Å². The first-order valence-electron chi connectivity index (χ1n) is 9.17. The minimum absolute atomic E-state index is 0.00383. The van der Waals surface area contributed by atoms with Gasteiger partial charge in [-0.2, -0.15) is 13.2 Å². The number of carbonyl (C=O) groups is 1. The molecule has 2 aromatic rings. The summed E-state index contributed by atoms with van der Waals surface area (Å²) in [6, 6.07) is 13.0. The fraction of sp³-hybridized carbons (Fsp3) is 0.286. The van der Waals surface area contributed by atoms with Crippen LogP contribution in [0.5, 0.6) is 0 Å². The van der Waals surface area contributed by atoms with Gasteiger partial charge in [-0.15, -0.1) is 6.58 Å². The van der Waals surface area contributed by atoms with Crippen molar-refractivity contribution in [2.24, 2.45) is 5.92 Å². The van der Waals surface area contributed by atoms with Crippen LogP contribution in [0, 0.1) is 5.92 Å². The number of carbonyl (C=O) groups excluding carboxylic acids is 1. The summed E-state index contributed by atoms with van der Waals surface area (Å²) in [5, 5.41) is 1.07. The van der Waals surface area contributed by atoms with E-state index in [1.165, 1.54) is 18.2 Å². The van der Waals surface area contributed by atoms with Gasteiger partial charge in [-0.25, -0.2) is 4.79 Å². The minimum Gasteiger partial charge on any atom is -0.445 e. The third-order valence-corrected chi connectivity index (χ3v) is 7.77. The average Bonchev–Trinajstić information content (AvgIpc) is 3.41. The van der Waals surface area contributed by atoms with Gasteiger partial charge in [0.2, 0.25) is 7.37 Å². The number of alkyl halides is 3. The van der Waals surface area contributed by atoms with Gasteiger partial charge in [0.1, 0.15) is 11.9 Å². The zero-order valence-electron chi connectivity index (χ0n) is 15.9. The van der Waals surface area contributed by atoms with Crippen LogP contribution in [0.4, 0.5) is 18.0 Å². The number of alkyl carbamates (subject to hydrolysis) is 1. The van der Waals surface area contributed by atoms with Crippen LogP contribution in [-0.4, -0.2) is 16.3 Å². The third kappa shape index (κ3) is 4.77. The van der Waals surface area contributed by atoms with E-state index in [1.54, 1.807) is 24.3 Å². The van der Waals surface area contributed by atoms with E-state index in [4.69, 9.17) is 4.74 Å². The summed E-state index contributed by atoms with van der Waals surface area (Å²) in [5.74, 6) is -0.438. The van der Waals surface area contributed by atoms with E-state index < -0.39 is 36.4 Å². The second-order valence-electron chi connectivity index (χ2n) is 7.21. The van der Waals surface area contributed by atoms with Gasteiger partial charge in [-0.1, -0.05) is 48.5 Å². The lowest BCUT2D eigenvalue weighted by Gasteiger charge is -2.25. The molecule has 2 N–H and O–H groups in total. The van der Waals surface area contributed by atoms with Crippen LogP contribution < -0.4 is 5.32 Å². The summed E-state index contributed by atoms with van der Waals surface area (Å²) < 4.78 is 56.4. The van der Waals surface area contributed by atoms with Gasteiger partial charge in [0.25, 0.3) is 0 Å². The predicted octanol–water partition coefficient (Wildman–Crippen LogP) is 5.30. The molecule has 0 bridgehead atoms. The molecule has 0 radical (unpaired) electrons. The second kappa shape index (κ2) is 8.28. The minimum atomic E-state index is -4.49. The van der Waals surface area contributed by atoms with E-state index in [1.807, 2.05) is 6.07 Å². The summed E-state index contributed by atoms with van der Waals surface area (Å²) >= 11 is 0. The number of hydrogen-bond acceptors (Lipinski definition) is 3. The Bertz CT molecular complexity index is 962. The monoisotopic (exact) mass is 439 g/mol. The number of nitrogens with one attached hydrogen (secondary N) is 1. The van der Waals surface area contributed by atoms with E-state index in [2.05, 4.69) is 11.9 Å². The van der Waals surface area contributed by atoms with Crippen molar-refractivity contribution in [3.8, 4) is 0 Å². The van der Waals surface area contributed by atoms with E-state index in [-0.39, 0.29) is 24.8 Å². The Morgan fingerprint density at radius 2 is 1.83 bits per heavy atom. The molecule has 0 heterocycles. The van der Waals surface area contributed by atoms with E-state index in [0.717, 1.165) is 17.7 Å². The molecule has 1 amide bonds. The van der Waals surface area contributed by atoms with Crippen molar-refractivity contribution in [3.63, 3.8) is 0 Å². The maximum absolute atomic E-state index is 13.1. The molecule has 0 aliphatic heterocycles. The van der Waals surface area contributed by atoms with Crippen LogP contribution in [-0.2, 0) is 28.2 Å². The number of hydrogen-bond donors (Lipinski definition) is 2. The molecule has 1 fully saturated rings. The van der Waals surface area contributed by atoms with Gasteiger partial charge in [0, 0.05) is 5.92 Å². The Labute approximate surface area is 172 Å². The molecule has 3 rings (SSSR count). The molecule has 1 aliphatic carbocycles. The van der Waals surface area contributed by atoms with Crippen molar-refractivity contribution < 1.29 is 32.2 Å². The fourth-order valence-electron chi connectivity index (χ4n) is 3.31. The lowest BCUT2D eigenvalue weighted by molar-refractivity contribution is -0.137. The van der Waals surface area contributed by atoms with Gasteiger partial charge in [0.05, 0.1) is 11.7 Å². The molecule has 0 aromatic heterocycles. The summed E-state index contributed by atoms with van der Waals surface area (Å²) in [4.78, 5) is 23.0. The number of benzene rings is 2. The Morgan fingerprint density at radius 1 is 1.20 bits per heavy atom.